The molecule has 1 aliphatic heterocycles. The molecule has 6 nitrogen and oxygen atoms in total. The smallest absolute Gasteiger partial charge is 0.333 e. The maximum Gasteiger partial charge on any atom is 0.333 e. The van der Waals surface area contributed by atoms with E-state index in [1.54, 1.807) is 0 Å². The number of amides is 2. The van der Waals surface area contributed by atoms with Crippen LogP contribution in [0.15, 0.2) is 42.5 Å². The van der Waals surface area contributed by atoms with Crippen LogP contribution < -0.4 is 21.5 Å². The second-order valence-electron chi connectivity index (χ2n) is 5.61. The van der Waals surface area contributed by atoms with Gasteiger partial charge in [-0.05, 0) is 48.0 Å². The fourth-order valence-corrected chi connectivity index (χ4v) is 2.77. The van der Waals surface area contributed by atoms with Crippen LogP contribution in [-0.2, 0) is 4.74 Å². The van der Waals surface area contributed by atoms with E-state index in [9.17, 15) is 4.79 Å². The van der Waals surface area contributed by atoms with E-state index in [4.69, 9.17) is 17.0 Å². The number of nitrogens with one attached hydrogen (secondary N) is 4. The molecule has 1 fully saturated rings. The van der Waals surface area contributed by atoms with Crippen molar-refractivity contribution in [3.05, 3.63) is 42.5 Å². The Hall–Kier alpha value is -2.38. The highest BCUT2D eigenvalue weighted by atomic mass is 32.1. The number of benzene rings is 2. The number of anilines is 1. The third kappa shape index (κ3) is 4.56. The Morgan fingerprint density at radius 3 is 2.79 bits per heavy atom. The molecule has 7 heteroatoms. The van der Waals surface area contributed by atoms with Crippen molar-refractivity contribution >= 4 is 39.8 Å². The van der Waals surface area contributed by atoms with Crippen molar-refractivity contribution in [2.75, 3.05) is 18.5 Å². The van der Waals surface area contributed by atoms with Crippen molar-refractivity contribution in [3.8, 4) is 0 Å². The fraction of sp³-hybridized carbons (Fsp3) is 0.294. The number of ether oxygens (including phenoxy) is 1. The number of rotatable bonds is 3. The van der Waals surface area contributed by atoms with Gasteiger partial charge in [0.05, 0.1) is 6.10 Å². The summed E-state index contributed by atoms with van der Waals surface area (Å²) in [6.07, 6.45) is 2.14. The lowest BCUT2D eigenvalue weighted by Crippen LogP contribution is -2.49. The molecular weight excluding hydrogens is 324 g/mol. The molecule has 2 aromatic carbocycles. The molecule has 1 atom stereocenters. The summed E-state index contributed by atoms with van der Waals surface area (Å²) in [5.74, 6) is 0. The van der Waals surface area contributed by atoms with Crippen LogP contribution in [0, 0.1) is 0 Å². The Bertz CT molecular complexity index is 731. The zero-order chi connectivity index (χ0) is 16.8. The number of hydrogen-bond donors (Lipinski definition) is 4. The molecule has 1 saturated heterocycles. The molecule has 2 amide bonds. The molecule has 1 unspecified atom stereocenters. The minimum Gasteiger partial charge on any atom is -0.376 e. The number of thiocarbonyl (C=S) groups is 1. The average Bonchev–Trinajstić information content (AvgIpc) is 3.11. The number of urea groups is 1. The summed E-state index contributed by atoms with van der Waals surface area (Å²) < 4.78 is 5.44. The van der Waals surface area contributed by atoms with Gasteiger partial charge in [0, 0.05) is 18.8 Å². The van der Waals surface area contributed by atoms with E-state index in [-0.39, 0.29) is 12.1 Å². The van der Waals surface area contributed by atoms with Crippen LogP contribution in [0.3, 0.4) is 0 Å². The van der Waals surface area contributed by atoms with Gasteiger partial charge < -0.3 is 15.4 Å². The van der Waals surface area contributed by atoms with Crippen molar-refractivity contribution in [3.63, 3.8) is 0 Å². The van der Waals surface area contributed by atoms with Crippen LogP contribution in [0.4, 0.5) is 10.5 Å². The monoisotopic (exact) mass is 344 g/mol. The number of hydrogen-bond acceptors (Lipinski definition) is 3. The normalized spacial score (nSPS) is 16.6. The summed E-state index contributed by atoms with van der Waals surface area (Å²) >= 11 is 5.18. The van der Waals surface area contributed by atoms with Gasteiger partial charge in [0.1, 0.15) is 0 Å². The molecule has 1 heterocycles. The van der Waals surface area contributed by atoms with Gasteiger partial charge in [-0.1, -0.05) is 30.3 Å². The van der Waals surface area contributed by atoms with Gasteiger partial charge in [-0.2, -0.15) is 0 Å². The fourth-order valence-electron chi connectivity index (χ4n) is 2.60. The van der Waals surface area contributed by atoms with E-state index < -0.39 is 0 Å². The van der Waals surface area contributed by atoms with Gasteiger partial charge in [-0.15, -0.1) is 0 Å². The first-order valence-electron chi connectivity index (χ1n) is 7.92. The Labute approximate surface area is 145 Å². The molecule has 3 rings (SSSR count). The van der Waals surface area contributed by atoms with Gasteiger partial charge in [0.25, 0.3) is 0 Å². The Morgan fingerprint density at radius 1 is 1.17 bits per heavy atom. The van der Waals surface area contributed by atoms with Crippen molar-refractivity contribution in [1.29, 1.82) is 0 Å². The molecule has 4 N–H and O–H groups in total. The van der Waals surface area contributed by atoms with Crippen LogP contribution in [-0.4, -0.2) is 30.4 Å². The molecule has 126 valence electrons. The highest BCUT2D eigenvalue weighted by molar-refractivity contribution is 7.80. The maximum atomic E-state index is 11.7. The minimum absolute atomic E-state index is 0.110. The van der Waals surface area contributed by atoms with E-state index >= 15 is 0 Å². The van der Waals surface area contributed by atoms with Gasteiger partial charge in [0.15, 0.2) is 5.11 Å². The molecule has 1 aliphatic rings. The van der Waals surface area contributed by atoms with Crippen molar-refractivity contribution in [2.24, 2.45) is 0 Å². The summed E-state index contributed by atoms with van der Waals surface area (Å²) in [4.78, 5) is 11.7. The molecule has 0 bridgehead atoms. The lowest BCUT2D eigenvalue weighted by atomic mass is 10.1. The lowest BCUT2D eigenvalue weighted by Gasteiger charge is -2.14. The van der Waals surface area contributed by atoms with Crippen LogP contribution in [0.5, 0.6) is 0 Å². The summed E-state index contributed by atoms with van der Waals surface area (Å²) in [7, 11) is 0. The van der Waals surface area contributed by atoms with Crippen molar-refractivity contribution in [2.45, 2.75) is 18.9 Å². The standard InChI is InChI=1S/C17H20N4O2S/c22-16(18-11-15-6-3-9-23-15)20-21-17(24)19-14-8-7-12-4-1-2-5-13(12)10-14/h1-2,4-5,7-8,10,15H,3,6,9,11H2,(H2,18,20,22)(H2,19,21,24). The van der Waals surface area contributed by atoms with E-state index in [0.717, 1.165) is 35.9 Å². The summed E-state index contributed by atoms with van der Waals surface area (Å²) in [6, 6.07) is 13.7. The molecule has 0 spiro atoms. The number of hydrazine groups is 1. The molecule has 24 heavy (non-hydrogen) atoms. The van der Waals surface area contributed by atoms with Gasteiger partial charge in [-0.3, -0.25) is 5.43 Å². The minimum atomic E-state index is -0.340. The van der Waals surface area contributed by atoms with Crippen LogP contribution in [0.2, 0.25) is 0 Å². The second-order valence-corrected chi connectivity index (χ2v) is 6.02. The summed E-state index contributed by atoms with van der Waals surface area (Å²) in [5, 5.41) is 8.38. The van der Waals surface area contributed by atoms with Crippen molar-refractivity contribution in [1.82, 2.24) is 16.2 Å². The molecular formula is C17H20N4O2S. The topological polar surface area (TPSA) is 74.4 Å². The largest absolute Gasteiger partial charge is 0.376 e. The van der Waals surface area contributed by atoms with Gasteiger partial charge in [0.2, 0.25) is 0 Å². The predicted octanol–water partition coefficient (Wildman–Crippen LogP) is 2.52. The molecule has 0 aromatic heterocycles. The highest BCUT2D eigenvalue weighted by Crippen LogP contribution is 2.18. The Kier molecular flexibility index (Phi) is 5.45. The number of fused-ring (bicyclic) bond motifs is 1. The third-order valence-electron chi connectivity index (χ3n) is 3.81. The lowest BCUT2D eigenvalue weighted by molar-refractivity contribution is 0.111. The summed E-state index contributed by atoms with van der Waals surface area (Å²) in [6.45, 7) is 1.27. The van der Waals surface area contributed by atoms with Crippen molar-refractivity contribution < 1.29 is 9.53 Å². The average molecular weight is 344 g/mol. The molecule has 0 aliphatic carbocycles. The van der Waals surface area contributed by atoms with E-state index in [1.165, 1.54) is 0 Å². The van der Waals surface area contributed by atoms with E-state index in [2.05, 4.69) is 27.6 Å². The zero-order valence-corrected chi connectivity index (χ0v) is 14.0. The Morgan fingerprint density at radius 2 is 2.00 bits per heavy atom. The number of carbonyl (C=O) groups is 1. The van der Waals surface area contributed by atoms with E-state index in [0.29, 0.717) is 11.7 Å². The zero-order valence-electron chi connectivity index (χ0n) is 13.2. The second kappa shape index (κ2) is 7.94. The van der Waals surface area contributed by atoms with Crippen LogP contribution >= 0.6 is 12.2 Å². The molecule has 0 saturated carbocycles. The number of carbonyl (C=O) groups excluding carboxylic acids is 1. The first-order valence-corrected chi connectivity index (χ1v) is 8.33. The van der Waals surface area contributed by atoms with Crippen LogP contribution in [0.1, 0.15) is 12.8 Å². The predicted molar refractivity (Wildman–Crippen MR) is 98.8 cm³/mol. The van der Waals surface area contributed by atoms with Gasteiger partial charge >= 0.3 is 6.03 Å². The van der Waals surface area contributed by atoms with Gasteiger partial charge in [-0.25, -0.2) is 10.2 Å². The summed E-state index contributed by atoms with van der Waals surface area (Å²) in [5.41, 5.74) is 6.03. The maximum absolute atomic E-state index is 11.7. The SMILES string of the molecule is O=C(NCC1CCCO1)NNC(=S)Nc1ccc2ccccc2c1. The highest BCUT2D eigenvalue weighted by Gasteiger charge is 2.15. The first kappa shape index (κ1) is 16.5. The third-order valence-corrected chi connectivity index (χ3v) is 4.02. The quantitative estimate of drug-likeness (QED) is 0.509. The Balaban J connectivity index is 1.43. The van der Waals surface area contributed by atoms with E-state index in [1.807, 2.05) is 36.4 Å². The molecule has 2 aromatic rings. The molecule has 0 radical (unpaired) electrons. The van der Waals surface area contributed by atoms with Crippen LogP contribution in [0.25, 0.3) is 10.8 Å². The first-order chi connectivity index (χ1) is 11.7.